The first-order valence-electron chi connectivity index (χ1n) is 10.1. The van der Waals surface area contributed by atoms with Crippen molar-refractivity contribution in [2.75, 3.05) is 56.5 Å². The van der Waals surface area contributed by atoms with Gasteiger partial charge in [0.15, 0.2) is 0 Å². The van der Waals surface area contributed by atoms with Crippen molar-refractivity contribution in [2.24, 2.45) is 0 Å². The lowest BCUT2D eigenvalue weighted by molar-refractivity contribution is 0.0664. The van der Waals surface area contributed by atoms with Crippen LogP contribution in [0.4, 0.5) is 17.2 Å². The first-order chi connectivity index (χ1) is 13.5. The summed E-state index contributed by atoms with van der Waals surface area (Å²) in [6.45, 7) is 11.8. The third-order valence-electron chi connectivity index (χ3n) is 5.40. The Bertz CT molecular complexity index is 810. The molecule has 1 aliphatic rings. The van der Waals surface area contributed by atoms with Gasteiger partial charge in [0.05, 0.1) is 0 Å². The average Bonchev–Trinajstić information content (AvgIpc) is 2.71. The molecule has 1 saturated heterocycles. The number of aryl methyl sites for hydroxylation is 1. The fraction of sp³-hybridized carbons (Fsp3) is 0.455. The van der Waals surface area contributed by atoms with Gasteiger partial charge in [0, 0.05) is 62.4 Å². The maximum Gasteiger partial charge on any atom is 0.254 e. The molecular formula is C22H31N5O. The van der Waals surface area contributed by atoms with Crippen LogP contribution in [-0.2, 0) is 0 Å². The van der Waals surface area contributed by atoms with Crippen molar-refractivity contribution in [2.45, 2.75) is 20.8 Å². The van der Waals surface area contributed by atoms with Gasteiger partial charge in [0.1, 0.15) is 5.82 Å². The lowest BCUT2D eigenvalue weighted by Gasteiger charge is -2.32. The summed E-state index contributed by atoms with van der Waals surface area (Å²) in [6.07, 6.45) is 1.70. The predicted molar refractivity (Wildman–Crippen MR) is 116 cm³/mol. The van der Waals surface area contributed by atoms with Crippen molar-refractivity contribution in [3.8, 4) is 0 Å². The van der Waals surface area contributed by atoms with E-state index in [4.69, 9.17) is 0 Å². The highest BCUT2D eigenvalue weighted by molar-refractivity contribution is 5.95. The SMILES string of the molecule is CCN(CC)c1ccc(Nc2cc(C(=O)N3CCN(C)CC3)ccn2)c(C)c1. The molecule has 6 heteroatoms. The third-order valence-corrected chi connectivity index (χ3v) is 5.40. The number of rotatable bonds is 6. The smallest absolute Gasteiger partial charge is 0.254 e. The monoisotopic (exact) mass is 381 g/mol. The van der Waals surface area contributed by atoms with Crippen molar-refractivity contribution >= 4 is 23.1 Å². The molecule has 2 aromatic rings. The Morgan fingerprint density at radius 2 is 1.82 bits per heavy atom. The topological polar surface area (TPSA) is 51.7 Å². The standard InChI is InChI=1S/C22H31N5O/c1-5-26(6-2)19-7-8-20(17(3)15-19)24-21-16-18(9-10-23-21)22(28)27-13-11-25(4)12-14-27/h7-10,15-16H,5-6,11-14H2,1-4H3,(H,23,24). The molecule has 0 aliphatic carbocycles. The number of piperazine rings is 1. The summed E-state index contributed by atoms with van der Waals surface area (Å²) in [5.41, 5.74) is 4.06. The Labute approximate surface area is 168 Å². The molecule has 1 fully saturated rings. The number of nitrogens with zero attached hydrogens (tertiary/aromatic N) is 4. The summed E-state index contributed by atoms with van der Waals surface area (Å²) in [7, 11) is 2.09. The number of nitrogens with one attached hydrogen (secondary N) is 1. The number of likely N-dealkylation sites (N-methyl/N-ethyl adjacent to an activating group) is 1. The summed E-state index contributed by atoms with van der Waals surface area (Å²) in [4.78, 5) is 23.7. The Balaban J connectivity index is 1.73. The van der Waals surface area contributed by atoms with Gasteiger partial charge in [-0.3, -0.25) is 4.79 Å². The van der Waals surface area contributed by atoms with E-state index in [1.807, 2.05) is 11.0 Å². The van der Waals surface area contributed by atoms with Crippen molar-refractivity contribution in [1.82, 2.24) is 14.8 Å². The number of benzene rings is 1. The quantitative estimate of drug-likeness (QED) is 0.831. The van der Waals surface area contributed by atoms with E-state index < -0.39 is 0 Å². The average molecular weight is 382 g/mol. The molecule has 1 aromatic carbocycles. The summed E-state index contributed by atoms with van der Waals surface area (Å²) >= 11 is 0. The molecule has 0 atom stereocenters. The Morgan fingerprint density at radius 1 is 1.11 bits per heavy atom. The molecule has 1 aliphatic heterocycles. The minimum Gasteiger partial charge on any atom is -0.372 e. The lowest BCUT2D eigenvalue weighted by Crippen LogP contribution is -2.47. The molecule has 150 valence electrons. The number of carbonyl (C=O) groups is 1. The summed E-state index contributed by atoms with van der Waals surface area (Å²) in [6, 6.07) is 10.0. The molecule has 0 spiro atoms. The highest BCUT2D eigenvalue weighted by atomic mass is 16.2. The van der Waals surface area contributed by atoms with E-state index in [1.165, 1.54) is 5.69 Å². The maximum atomic E-state index is 12.8. The molecular weight excluding hydrogens is 350 g/mol. The van der Waals surface area contributed by atoms with E-state index in [9.17, 15) is 4.79 Å². The van der Waals surface area contributed by atoms with E-state index in [-0.39, 0.29) is 5.91 Å². The minimum atomic E-state index is 0.0761. The first-order valence-corrected chi connectivity index (χ1v) is 10.1. The predicted octanol–water partition coefficient (Wildman–Crippen LogP) is 3.37. The Kier molecular flexibility index (Phi) is 6.52. The van der Waals surface area contributed by atoms with E-state index in [0.29, 0.717) is 11.4 Å². The van der Waals surface area contributed by atoms with Crippen LogP contribution in [0, 0.1) is 6.92 Å². The Hall–Kier alpha value is -2.60. The van der Waals surface area contributed by atoms with Crippen molar-refractivity contribution in [3.05, 3.63) is 47.7 Å². The zero-order chi connectivity index (χ0) is 20.1. The van der Waals surface area contributed by atoms with Crippen LogP contribution in [0.1, 0.15) is 29.8 Å². The van der Waals surface area contributed by atoms with E-state index in [2.05, 4.69) is 66.1 Å². The molecule has 0 unspecified atom stereocenters. The highest BCUT2D eigenvalue weighted by Gasteiger charge is 2.20. The second-order valence-electron chi connectivity index (χ2n) is 7.32. The summed E-state index contributed by atoms with van der Waals surface area (Å²) in [5.74, 6) is 0.769. The molecule has 0 saturated carbocycles. The molecule has 0 bridgehead atoms. The van der Waals surface area contributed by atoms with Crippen LogP contribution >= 0.6 is 0 Å². The summed E-state index contributed by atoms with van der Waals surface area (Å²) in [5, 5.41) is 3.37. The van der Waals surface area contributed by atoms with Crippen LogP contribution in [0.2, 0.25) is 0 Å². The third kappa shape index (κ3) is 4.62. The van der Waals surface area contributed by atoms with Crippen LogP contribution in [0.15, 0.2) is 36.5 Å². The van der Waals surface area contributed by atoms with Gasteiger partial charge >= 0.3 is 0 Å². The van der Waals surface area contributed by atoms with Crippen LogP contribution in [0.3, 0.4) is 0 Å². The summed E-state index contributed by atoms with van der Waals surface area (Å²) < 4.78 is 0. The molecule has 1 N–H and O–H groups in total. The van der Waals surface area contributed by atoms with Crippen molar-refractivity contribution in [3.63, 3.8) is 0 Å². The molecule has 0 radical (unpaired) electrons. The van der Waals surface area contributed by atoms with E-state index in [1.54, 1.807) is 12.3 Å². The zero-order valence-electron chi connectivity index (χ0n) is 17.4. The van der Waals surface area contributed by atoms with E-state index >= 15 is 0 Å². The van der Waals surface area contributed by atoms with E-state index in [0.717, 1.165) is 50.5 Å². The molecule has 6 nitrogen and oxygen atoms in total. The van der Waals surface area contributed by atoms with Crippen molar-refractivity contribution in [1.29, 1.82) is 0 Å². The molecule has 28 heavy (non-hydrogen) atoms. The molecule has 1 aromatic heterocycles. The van der Waals surface area contributed by atoms with Gasteiger partial charge in [0.2, 0.25) is 0 Å². The second-order valence-corrected chi connectivity index (χ2v) is 7.32. The number of carbonyl (C=O) groups excluding carboxylic acids is 1. The normalized spacial score (nSPS) is 14.8. The van der Waals surface area contributed by atoms with Gasteiger partial charge in [-0.15, -0.1) is 0 Å². The number of hydrogen-bond acceptors (Lipinski definition) is 5. The van der Waals surface area contributed by atoms with Crippen LogP contribution in [0.5, 0.6) is 0 Å². The van der Waals surface area contributed by atoms with Crippen molar-refractivity contribution < 1.29 is 4.79 Å². The van der Waals surface area contributed by atoms with Gasteiger partial charge in [-0.2, -0.15) is 0 Å². The molecule has 3 rings (SSSR count). The largest absolute Gasteiger partial charge is 0.372 e. The zero-order valence-corrected chi connectivity index (χ0v) is 17.4. The fourth-order valence-electron chi connectivity index (χ4n) is 3.54. The number of hydrogen-bond donors (Lipinski definition) is 1. The highest BCUT2D eigenvalue weighted by Crippen LogP contribution is 2.25. The minimum absolute atomic E-state index is 0.0761. The van der Waals surface area contributed by atoms with Gasteiger partial charge < -0.3 is 20.0 Å². The van der Waals surface area contributed by atoms with Gasteiger partial charge in [-0.05, 0) is 63.7 Å². The van der Waals surface area contributed by atoms with Crippen LogP contribution in [-0.4, -0.2) is 67.0 Å². The number of pyridine rings is 1. The van der Waals surface area contributed by atoms with Gasteiger partial charge in [-0.1, -0.05) is 0 Å². The maximum absolute atomic E-state index is 12.8. The lowest BCUT2D eigenvalue weighted by atomic mass is 10.1. The number of anilines is 3. The first kappa shape index (κ1) is 20.1. The number of aromatic nitrogens is 1. The van der Waals surface area contributed by atoms with Crippen LogP contribution in [0.25, 0.3) is 0 Å². The Morgan fingerprint density at radius 3 is 2.46 bits per heavy atom. The molecule has 2 heterocycles. The van der Waals surface area contributed by atoms with Crippen LogP contribution < -0.4 is 10.2 Å². The van der Waals surface area contributed by atoms with Gasteiger partial charge in [-0.25, -0.2) is 4.98 Å². The number of amides is 1. The molecule has 1 amide bonds. The second kappa shape index (κ2) is 9.06. The van der Waals surface area contributed by atoms with Gasteiger partial charge in [0.25, 0.3) is 5.91 Å². The fourth-order valence-corrected chi connectivity index (χ4v) is 3.54.